The first-order chi connectivity index (χ1) is 9.77. The maximum atomic E-state index is 11.3. The molecule has 1 rings (SSSR count). The molecule has 10 heteroatoms. The number of rotatable bonds is 7. The van der Waals surface area contributed by atoms with Crippen molar-refractivity contribution >= 4 is 11.6 Å². The van der Waals surface area contributed by atoms with E-state index in [2.05, 4.69) is 0 Å². The van der Waals surface area contributed by atoms with E-state index in [1.165, 1.54) is 31.2 Å². The van der Waals surface area contributed by atoms with E-state index in [0.717, 1.165) is 0 Å². The van der Waals surface area contributed by atoms with Gasteiger partial charge in [0.2, 0.25) is 6.54 Å². The van der Waals surface area contributed by atoms with Crippen LogP contribution in [0.5, 0.6) is 0 Å². The van der Waals surface area contributed by atoms with Crippen molar-refractivity contribution in [2.24, 2.45) is 0 Å². The first-order valence-corrected chi connectivity index (χ1v) is 6.30. The van der Waals surface area contributed by atoms with Gasteiger partial charge in [-0.25, -0.2) is 0 Å². The second-order valence-electron chi connectivity index (χ2n) is 4.34. The van der Waals surface area contributed by atoms with Gasteiger partial charge >= 0.3 is 5.66 Å². The van der Waals surface area contributed by atoms with Gasteiger partial charge in [-0.15, -0.1) is 0 Å². The van der Waals surface area contributed by atoms with Crippen molar-refractivity contribution in [3.63, 3.8) is 0 Å². The average Bonchev–Trinajstić information content (AvgIpc) is 2.38. The van der Waals surface area contributed by atoms with E-state index in [1.54, 1.807) is 0 Å². The van der Waals surface area contributed by atoms with Crippen molar-refractivity contribution in [3.05, 3.63) is 65.2 Å². The Morgan fingerprint density at radius 1 is 1.14 bits per heavy atom. The molecule has 114 valence electrons. The van der Waals surface area contributed by atoms with Crippen LogP contribution in [-0.4, -0.2) is 27.0 Å². The molecule has 0 heterocycles. The molecule has 9 nitrogen and oxygen atoms in total. The summed E-state index contributed by atoms with van der Waals surface area (Å²) >= 11 is 5.91. The SMILES string of the molecule is CCC(C(C[N+](=O)[O-])c1ccccc1Cl)([N+](=O)[O-])[N+](=O)[O-]. The van der Waals surface area contributed by atoms with Gasteiger partial charge < -0.3 is 0 Å². The summed E-state index contributed by atoms with van der Waals surface area (Å²) in [5, 5.41) is 33.4. The van der Waals surface area contributed by atoms with Crippen molar-refractivity contribution in [3.8, 4) is 0 Å². The minimum atomic E-state index is -2.70. The van der Waals surface area contributed by atoms with Gasteiger partial charge in [-0.1, -0.05) is 36.7 Å². The smallest absolute Gasteiger partial charge is 0.265 e. The molecule has 0 N–H and O–H groups in total. The molecule has 1 aromatic rings. The van der Waals surface area contributed by atoms with Crippen molar-refractivity contribution in [1.82, 2.24) is 0 Å². The molecule has 0 fully saturated rings. The number of hydrogen-bond donors (Lipinski definition) is 0. The Balaban J connectivity index is 3.55. The van der Waals surface area contributed by atoms with Crippen LogP contribution in [-0.2, 0) is 0 Å². The zero-order valence-corrected chi connectivity index (χ0v) is 11.7. The normalized spacial score (nSPS) is 12.7. The molecule has 0 radical (unpaired) electrons. The average molecular weight is 318 g/mol. The number of nitrogens with zero attached hydrogens (tertiary/aromatic N) is 3. The Hall–Kier alpha value is -2.29. The summed E-state index contributed by atoms with van der Waals surface area (Å²) in [5.74, 6) is -1.57. The Kier molecular flexibility index (Phi) is 5.14. The highest BCUT2D eigenvalue weighted by Crippen LogP contribution is 2.37. The summed E-state index contributed by atoms with van der Waals surface area (Å²) in [5.41, 5.74) is -2.68. The van der Waals surface area contributed by atoms with Crippen LogP contribution in [0.1, 0.15) is 24.8 Å². The van der Waals surface area contributed by atoms with Gasteiger partial charge in [-0.3, -0.25) is 30.3 Å². The monoisotopic (exact) mass is 317 g/mol. The minimum absolute atomic E-state index is 0.0193. The Morgan fingerprint density at radius 2 is 1.67 bits per heavy atom. The first-order valence-electron chi connectivity index (χ1n) is 5.92. The van der Waals surface area contributed by atoms with Gasteiger partial charge in [-0.2, -0.15) is 0 Å². The number of benzene rings is 1. The Morgan fingerprint density at radius 3 is 2.05 bits per heavy atom. The second-order valence-corrected chi connectivity index (χ2v) is 4.74. The molecule has 0 aliphatic heterocycles. The zero-order chi connectivity index (χ0) is 16.2. The highest BCUT2D eigenvalue weighted by molar-refractivity contribution is 6.31. The standard InChI is InChI=1S/C11H12ClN3O6/c1-2-11(14(18)19,15(20)21)9(7-13(16)17)8-5-3-4-6-10(8)12/h3-6,9H,2,7H2,1H3. The largest absolute Gasteiger partial charge is 0.471 e. The van der Waals surface area contributed by atoms with Crippen LogP contribution in [0.15, 0.2) is 24.3 Å². The summed E-state index contributed by atoms with van der Waals surface area (Å²) in [4.78, 5) is 30.4. The quantitative estimate of drug-likeness (QED) is 0.431. The maximum absolute atomic E-state index is 11.3. The lowest BCUT2D eigenvalue weighted by Gasteiger charge is -2.23. The van der Waals surface area contributed by atoms with E-state index in [-0.39, 0.29) is 10.6 Å². The molecule has 1 aromatic carbocycles. The molecule has 0 saturated carbocycles. The third-order valence-corrected chi connectivity index (χ3v) is 3.67. The third kappa shape index (κ3) is 3.07. The minimum Gasteiger partial charge on any atom is -0.265 e. The van der Waals surface area contributed by atoms with Gasteiger partial charge in [0.25, 0.3) is 0 Å². The Labute approximate surface area is 124 Å². The molecular weight excluding hydrogens is 306 g/mol. The molecule has 0 saturated heterocycles. The molecule has 0 spiro atoms. The van der Waals surface area contributed by atoms with E-state index in [0.29, 0.717) is 0 Å². The van der Waals surface area contributed by atoms with Crippen LogP contribution in [0.2, 0.25) is 5.02 Å². The molecule has 1 atom stereocenters. The van der Waals surface area contributed by atoms with Crippen LogP contribution in [0, 0.1) is 30.3 Å². The molecule has 0 aliphatic rings. The van der Waals surface area contributed by atoms with Gasteiger partial charge in [-0.05, 0) is 11.6 Å². The first kappa shape index (κ1) is 16.8. The topological polar surface area (TPSA) is 129 Å². The van der Waals surface area contributed by atoms with Gasteiger partial charge in [0.05, 0.1) is 16.3 Å². The summed E-state index contributed by atoms with van der Waals surface area (Å²) in [6.45, 7) is 0.287. The zero-order valence-electron chi connectivity index (χ0n) is 11.0. The van der Waals surface area contributed by atoms with Crippen molar-refractivity contribution in [2.75, 3.05) is 6.54 Å². The summed E-state index contributed by atoms with van der Waals surface area (Å²) in [6.07, 6.45) is -0.503. The number of hydrogen-bond acceptors (Lipinski definition) is 6. The summed E-state index contributed by atoms with van der Waals surface area (Å²) < 4.78 is 0. The highest BCUT2D eigenvalue weighted by atomic mass is 35.5. The third-order valence-electron chi connectivity index (χ3n) is 3.32. The lowest BCUT2D eigenvalue weighted by atomic mass is 9.84. The lowest BCUT2D eigenvalue weighted by molar-refractivity contribution is -0.805. The van der Waals surface area contributed by atoms with E-state index in [4.69, 9.17) is 11.6 Å². The summed E-state index contributed by atoms with van der Waals surface area (Å²) in [7, 11) is 0. The fraction of sp³-hybridized carbons (Fsp3) is 0.455. The predicted molar refractivity (Wildman–Crippen MR) is 73.1 cm³/mol. The molecular formula is C11H12ClN3O6. The van der Waals surface area contributed by atoms with Crippen LogP contribution in [0.25, 0.3) is 0 Å². The van der Waals surface area contributed by atoms with Crippen molar-refractivity contribution in [1.29, 1.82) is 0 Å². The van der Waals surface area contributed by atoms with Gasteiger partial charge in [0.1, 0.15) is 0 Å². The molecule has 0 bridgehead atoms. The summed E-state index contributed by atoms with van der Waals surface area (Å²) in [6, 6.07) is 5.70. The molecule has 0 aromatic heterocycles. The van der Waals surface area contributed by atoms with Gasteiger partial charge in [0.15, 0.2) is 5.92 Å². The number of nitro groups is 3. The molecule has 1 unspecified atom stereocenters. The van der Waals surface area contributed by atoms with E-state index in [1.807, 2.05) is 0 Å². The van der Waals surface area contributed by atoms with Crippen LogP contribution in [0.4, 0.5) is 0 Å². The Bertz CT molecular complexity index is 565. The van der Waals surface area contributed by atoms with Crippen molar-refractivity contribution < 1.29 is 14.8 Å². The van der Waals surface area contributed by atoms with E-state index < -0.39 is 39.3 Å². The maximum Gasteiger partial charge on any atom is 0.471 e. The highest BCUT2D eigenvalue weighted by Gasteiger charge is 2.64. The van der Waals surface area contributed by atoms with Crippen LogP contribution in [0.3, 0.4) is 0 Å². The fourth-order valence-corrected chi connectivity index (χ4v) is 2.49. The second kappa shape index (κ2) is 6.44. The van der Waals surface area contributed by atoms with Gasteiger partial charge in [0, 0.05) is 9.95 Å². The molecule has 0 amide bonds. The predicted octanol–water partition coefficient (Wildman–Crippen LogP) is 2.36. The van der Waals surface area contributed by atoms with E-state index in [9.17, 15) is 30.3 Å². The fourth-order valence-electron chi connectivity index (χ4n) is 2.23. The molecule has 0 aliphatic carbocycles. The lowest BCUT2D eigenvalue weighted by Crippen LogP contribution is -2.52. The number of halogens is 1. The van der Waals surface area contributed by atoms with Crippen LogP contribution >= 0.6 is 11.6 Å². The van der Waals surface area contributed by atoms with E-state index >= 15 is 0 Å². The van der Waals surface area contributed by atoms with Crippen LogP contribution < -0.4 is 0 Å². The molecule has 21 heavy (non-hydrogen) atoms. The van der Waals surface area contributed by atoms with Crippen molar-refractivity contribution in [2.45, 2.75) is 24.9 Å².